The lowest BCUT2D eigenvalue weighted by Crippen LogP contribution is -2.49. The lowest BCUT2D eigenvalue weighted by Gasteiger charge is -2.36. The molecule has 1 aromatic carbocycles. The first-order chi connectivity index (χ1) is 15.8. The predicted molar refractivity (Wildman–Crippen MR) is 111 cm³/mol. The van der Waals surface area contributed by atoms with E-state index in [2.05, 4.69) is 20.0 Å². The third-order valence-corrected chi connectivity index (χ3v) is 5.59. The molecule has 1 fully saturated rings. The number of benzene rings is 1. The van der Waals surface area contributed by atoms with Gasteiger partial charge >= 0.3 is 6.18 Å². The molecule has 4 rings (SSSR count). The van der Waals surface area contributed by atoms with E-state index in [9.17, 15) is 18.0 Å². The zero-order valence-electron chi connectivity index (χ0n) is 18.0. The SMILES string of the molecule is COc1ncccc1C(=O)N1CCN(C(C)c2nc(-c3cccc(C(F)(F)F)c3)no2)CC1. The van der Waals surface area contributed by atoms with Crippen LogP contribution in [0.25, 0.3) is 11.4 Å². The van der Waals surface area contributed by atoms with Gasteiger partial charge in [0, 0.05) is 37.9 Å². The monoisotopic (exact) mass is 461 g/mol. The first-order valence-corrected chi connectivity index (χ1v) is 10.3. The third-order valence-electron chi connectivity index (χ3n) is 5.59. The van der Waals surface area contributed by atoms with Crippen molar-refractivity contribution in [2.24, 2.45) is 0 Å². The van der Waals surface area contributed by atoms with E-state index in [0.29, 0.717) is 37.6 Å². The molecule has 1 aliphatic rings. The van der Waals surface area contributed by atoms with Gasteiger partial charge in [-0.1, -0.05) is 17.3 Å². The molecule has 1 saturated heterocycles. The van der Waals surface area contributed by atoms with Crippen LogP contribution in [0.2, 0.25) is 0 Å². The maximum absolute atomic E-state index is 13.0. The van der Waals surface area contributed by atoms with Crippen molar-refractivity contribution in [2.75, 3.05) is 33.3 Å². The van der Waals surface area contributed by atoms with Gasteiger partial charge in [0.2, 0.25) is 17.6 Å². The minimum atomic E-state index is -4.45. The molecule has 3 aromatic rings. The fourth-order valence-corrected chi connectivity index (χ4v) is 3.71. The van der Waals surface area contributed by atoms with E-state index in [4.69, 9.17) is 9.26 Å². The highest BCUT2D eigenvalue weighted by Crippen LogP contribution is 2.32. The summed E-state index contributed by atoms with van der Waals surface area (Å²) in [6.45, 7) is 3.98. The van der Waals surface area contributed by atoms with Crippen molar-refractivity contribution < 1.29 is 27.2 Å². The summed E-state index contributed by atoms with van der Waals surface area (Å²) in [6, 6.07) is 7.91. The van der Waals surface area contributed by atoms with Crippen LogP contribution in [-0.4, -0.2) is 64.1 Å². The van der Waals surface area contributed by atoms with Gasteiger partial charge in [0.25, 0.3) is 5.91 Å². The van der Waals surface area contributed by atoms with Crippen LogP contribution < -0.4 is 4.74 Å². The summed E-state index contributed by atoms with van der Waals surface area (Å²) in [5.41, 5.74) is -0.137. The largest absolute Gasteiger partial charge is 0.480 e. The van der Waals surface area contributed by atoms with E-state index in [-0.39, 0.29) is 29.2 Å². The Morgan fingerprint density at radius 1 is 1.15 bits per heavy atom. The van der Waals surface area contributed by atoms with Crippen LogP contribution in [0.3, 0.4) is 0 Å². The van der Waals surface area contributed by atoms with Gasteiger partial charge in [-0.3, -0.25) is 9.69 Å². The number of halogens is 3. The van der Waals surface area contributed by atoms with Crippen LogP contribution >= 0.6 is 0 Å². The second kappa shape index (κ2) is 9.18. The number of aromatic nitrogens is 3. The van der Waals surface area contributed by atoms with Crippen molar-refractivity contribution in [2.45, 2.75) is 19.1 Å². The van der Waals surface area contributed by atoms with Gasteiger partial charge in [-0.05, 0) is 31.2 Å². The first kappa shape index (κ1) is 22.7. The van der Waals surface area contributed by atoms with Crippen LogP contribution in [0.4, 0.5) is 13.2 Å². The van der Waals surface area contributed by atoms with Crippen molar-refractivity contribution >= 4 is 5.91 Å². The number of nitrogens with zero attached hydrogens (tertiary/aromatic N) is 5. The number of pyridine rings is 1. The molecule has 0 N–H and O–H groups in total. The number of ether oxygens (including phenoxy) is 1. The summed E-state index contributed by atoms with van der Waals surface area (Å²) in [6.07, 6.45) is -2.89. The van der Waals surface area contributed by atoms with Gasteiger partial charge in [0.15, 0.2) is 0 Å². The summed E-state index contributed by atoms with van der Waals surface area (Å²) in [7, 11) is 1.47. The van der Waals surface area contributed by atoms with Crippen molar-refractivity contribution in [3.63, 3.8) is 0 Å². The van der Waals surface area contributed by atoms with Crippen LogP contribution in [0.5, 0.6) is 5.88 Å². The van der Waals surface area contributed by atoms with Gasteiger partial charge in [0.05, 0.1) is 18.7 Å². The smallest absolute Gasteiger partial charge is 0.416 e. The Balaban J connectivity index is 1.41. The third kappa shape index (κ3) is 4.82. The average Bonchev–Trinajstić information content (AvgIpc) is 3.33. The molecule has 0 bridgehead atoms. The number of hydrogen-bond donors (Lipinski definition) is 0. The number of methoxy groups -OCH3 is 1. The molecule has 2 aromatic heterocycles. The van der Waals surface area contributed by atoms with E-state index in [1.807, 2.05) is 6.92 Å². The molecule has 1 amide bonds. The number of amides is 1. The van der Waals surface area contributed by atoms with Gasteiger partial charge in [0.1, 0.15) is 5.56 Å². The Morgan fingerprint density at radius 2 is 1.91 bits per heavy atom. The predicted octanol–water partition coefficient (Wildman–Crippen LogP) is 3.68. The highest BCUT2D eigenvalue weighted by atomic mass is 19.4. The lowest BCUT2D eigenvalue weighted by molar-refractivity contribution is -0.137. The van der Waals surface area contributed by atoms with Crippen molar-refractivity contribution in [1.29, 1.82) is 0 Å². The van der Waals surface area contributed by atoms with E-state index in [1.54, 1.807) is 23.2 Å². The molecule has 0 radical (unpaired) electrons. The van der Waals surface area contributed by atoms with E-state index in [1.165, 1.54) is 19.2 Å². The standard InChI is InChI=1S/C22H22F3N5O3/c1-14(19-27-18(28-33-19)15-5-3-6-16(13-15)22(23,24)25)29-9-11-30(12-10-29)21(31)17-7-4-8-26-20(17)32-2/h3-8,13-14H,9-12H2,1-2H3. The van der Waals surface area contributed by atoms with E-state index >= 15 is 0 Å². The molecule has 174 valence electrons. The molecule has 33 heavy (non-hydrogen) atoms. The number of carbonyl (C=O) groups is 1. The zero-order valence-corrected chi connectivity index (χ0v) is 18.0. The number of piperazine rings is 1. The second-order valence-corrected chi connectivity index (χ2v) is 7.60. The summed E-state index contributed by atoms with van der Waals surface area (Å²) in [5.74, 6) is 0.528. The molecule has 1 unspecified atom stereocenters. The van der Waals surface area contributed by atoms with Gasteiger partial charge in [-0.15, -0.1) is 0 Å². The molecule has 0 spiro atoms. The minimum absolute atomic E-state index is 0.0976. The fraction of sp³-hybridized carbons (Fsp3) is 0.364. The summed E-state index contributed by atoms with van der Waals surface area (Å²) < 4.78 is 49.5. The Morgan fingerprint density at radius 3 is 2.61 bits per heavy atom. The van der Waals surface area contributed by atoms with Crippen LogP contribution in [-0.2, 0) is 6.18 Å². The highest BCUT2D eigenvalue weighted by molar-refractivity contribution is 5.96. The quantitative estimate of drug-likeness (QED) is 0.573. The lowest BCUT2D eigenvalue weighted by atomic mass is 10.1. The molecule has 8 nitrogen and oxygen atoms in total. The number of alkyl halides is 3. The Kier molecular flexibility index (Phi) is 6.32. The molecule has 11 heteroatoms. The van der Waals surface area contributed by atoms with Crippen molar-refractivity contribution in [1.82, 2.24) is 24.9 Å². The molecule has 0 aliphatic carbocycles. The number of carbonyl (C=O) groups excluding carboxylic acids is 1. The molecule has 1 atom stereocenters. The average molecular weight is 461 g/mol. The van der Waals surface area contributed by atoms with Crippen LogP contribution in [0, 0.1) is 0 Å². The number of rotatable bonds is 5. The van der Waals surface area contributed by atoms with E-state index < -0.39 is 11.7 Å². The maximum Gasteiger partial charge on any atom is 0.416 e. The maximum atomic E-state index is 13.0. The van der Waals surface area contributed by atoms with Gasteiger partial charge in [-0.25, -0.2) is 4.98 Å². The Hall–Kier alpha value is -3.47. The molecule has 0 saturated carbocycles. The van der Waals surface area contributed by atoms with Crippen molar-refractivity contribution in [3.8, 4) is 17.3 Å². The Bertz CT molecular complexity index is 1130. The highest BCUT2D eigenvalue weighted by Gasteiger charge is 2.32. The normalized spacial score (nSPS) is 16.0. The molecule has 1 aliphatic heterocycles. The fourth-order valence-electron chi connectivity index (χ4n) is 3.71. The topological polar surface area (TPSA) is 84.6 Å². The van der Waals surface area contributed by atoms with Crippen LogP contribution in [0.15, 0.2) is 47.1 Å². The Labute approximate surface area is 188 Å². The molecular weight excluding hydrogens is 439 g/mol. The molecular formula is C22H22F3N5O3. The van der Waals surface area contributed by atoms with Gasteiger partial charge in [-0.2, -0.15) is 18.2 Å². The summed E-state index contributed by atoms with van der Waals surface area (Å²) in [4.78, 5) is 25.0. The first-order valence-electron chi connectivity index (χ1n) is 10.3. The summed E-state index contributed by atoms with van der Waals surface area (Å²) in [5, 5.41) is 3.86. The minimum Gasteiger partial charge on any atom is -0.480 e. The van der Waals surface area contributed by atoms with Gasteiger partial charge < -0.3 is 14.2 Å². The zero-order chi connectivity index (χ0) is 23.6. The van der Waals surface area contributed by atoms with Crippen molar-refractivity contribution in [3.05, 3.63) is 59.6 Å². The number of hydrogen-bond acceptors (Lipinski definition) is 7. The van der Waals surface area contributed by atoms with E-state index in [0.717, 1.165) is 12.1 Å². The summed E-state index contributed by atoms with van der Waals surface area (Å²) >= 11 is 0. The van der Waals surface area contributed by atoms with Crippen LogP contribution in [0.1, 0.15) is 34.8 Å². The molecule has 3 heterocycles. The second-order valence-electron chi connectivity index (χ2n) is 7.60.